The van der Waals surface area contributed by atoms with Crippen LogP contribution in [0.15, 0.2) is 70.2 Å². The molecule has 0 amide bonds. The number of nitrogens with zero attached hydrogens (tertiary/aromatic N) is 1. The lowest BCUT2D eigenvalue weighted by molar-refractivity contribution is 0.538. The van der Waals surface area contributed by atoms with Crippen LogP contribution in [0.3, 0.4) is 0 Å². The molecule has 0 saturated carbocycles. The lowest BCUT2D eigenvalue weighted by atomic mass is 10.1. The van der Waals surface area contributed by atoms with Crippen LogP contribution in [0.5, 0.6) is 0 Å². The van der Waals surface area contributed by atoms with Crippen molar-refractivity contribution in [2.45, 2.75) is 13.0 Å². The van der Waals surface area contributed by atoms with Crippen LogP contribution in [-0.4, -0.2) is 24.5 Å². The third kappa shape index (κ3) is 3.42. The Morgan fingerprint density at radius 2 is 1.92 bits per heavy atom. The smallest absolute Gasteiger partial charge is 0.191 e. The summed E-state index contributed by atoms with van der Waals surface area (Å²) in [4.78, 5) is 7.60. The van der Waals surface area contributed by atoms with Crippen LogP contribution >= 0.6 is 0 Å². The van der Waals surface area contributed by atoms with Gasteiger partial charge in [0.25, 0.3) is 0 Å². The van der Waals surface area contributed by atoms with E-state index in [0.717, 1.165) is 35.7 Å². The average Bonchev–Trinajstić information content (AvgIpc) is 3.28. The number of H-pyrrole nitrogens is 1. The number of aliphatic imine (C=N–C) groups is 1. The van der Waals surface area contributed by atoms with Gasteiger partial charge in [0, 0.05) is 36.1 Å². The highest BCUT2D eigenvalue weighted by molar-refractivity contribution is 5.83. The van der Waals surface area contributed by atoms with Crippen LogP contribution < -0.4 is 10.6 Å². The number of nitrogens with one attached hydrogen (secondary N) is 3. The Morgan fingerprint density at radius 3 is 2.81 bits per heavy atom. The monoisotopic (exact) mass is 346 g/mol. The minimum absolute atomic E-state index is 0.599. The summed E-state index contributed by atoms with van der Waals surface area (Å²) < 4.78 is 5.83. The van der Waals surface area contributed by atoms with Crippen molar-refractivity contribution >= 4 is 27.8 Å². The van der Waals surface area contributed by atoms with Crippen LogP contribution in [-0.2, 0) is 13.0 Å². The fourth-order valence-electron chi connectivity index (χ4n) is 3.17. The number of benzene rings is 2. The molecule has 0 spiro atoms. The van der Waals surface area contributed by atoms with E-state index in [1.165, 1.54) is 16.5 Å². The zero-order valence-electron chi connectivity index (χ0n) is 14.8. The highest BCUT2D eigenvalue weighted by Gasteiger charge is 2.06. The highest BCUT2D eigenvalue weighted by atomic mass is 16.3. The molecule has 0 aliphatic heterocycles. The fourth-order valence-corrected chi connectivity index (χ4v) is 3.17. The van der Waals surface area contributed by atoms with Crippen LogP contribution in [0.25, 0.3) is 21.9 Å². The van der Waals surface area contributed by atoms with E-state index in [-0.39, 0.29) is 0 Å². The Balaban J connectivity index is 1.32. The Hall–Kier alpha value is -3.21. The van der Waals surface area contributed by atoms with Gasteiger partial charge >= 0.3 is 0 Å². The summed E-state index contributed by atoms with van der Waals surface area (Å²) >= 11 is 0. The molecule has 5 nitrogen and oxygen atoms in total. The van der Waals surface area contributed by atoms with E-state index in [2.05, 4.69) is 57.1 Å². The maximum atomic E-state index is 5.83. The quantitative estimate of drug-likeness (QED) is 0.380. The number of aromatic nitrogens is 1. The van der Waals surface area contributed by atoms with Gasteiger partial charge in [-0.3, -0.25) is 4.99 Å². The van der Waals surface area contributed by atoms with Gasteiger partial charge in [0.1, 0.15) is 11.3 Å². The SMILES string of the molecule is CN=C(NCCc1c[nH]c2ccccc12)NCc1cc2ccccc2o1. The first kappa shape index (κ1) is 16.3. The van der Waals surface area contributed by atoms with Crippen LogP contribution in [0.4, 0.5) is 0 Å². The third-order valence-electron chi connectivity index (χ3n) is 4.49. The molecule has 3 N–H and O–H groups in total. The molecule has 0 bridgehead atoms. The molecular weight excluding hydrogens is 324 g/mol. The zero-order chi connectivity index (χ0) is 17.8. The Morgan fingerprint density at radius 1 is 1.08 bits per heavy atom. The van der Waals surface area contributed by atoms with Crippen LogP contribution in [0.2, 0.25) is 0 Å². The number of furan rings is 1. The summed E-state index contributed by atoms with van der Waals surface area (Å²) in [6.07, 6.45) is 3.01. The summed E-state index contributed by atoms with van der Waals surface area (Å²) in [6, 6.07) is 18.4. The Labute approximate surface area is 152 Å². The molecule has 0 unspecified atom stereocenters. The minimum atomic E-state index is 0.599. The summed E-state index contributed by atoms with van der Waals surface area (Å²) in [5.74, 6) is 1.66. The lowest BCUT2D eigenvalue weighted by Gasteiger charge is -2.10. The largest absolute Gasteiger partial charge is 0.459 e. The van der Waals surface area contributed by atoms with Crippen molar-refractivity contribution in [1.82, 2.24) is 15.6 Å². The maximum Gasteiger partial charge on any atom is 0.191 e. The van der Waals surface area contributed by atoms with E-state index in [4.69, 9.17) is 4.42 Å². The molecule has 4 aromatic rings. The van der Waals surface area contributed by atoms with E-state index >= 15 is 0 Å². The second-order valence-corrected chi connectivity index (χ2v) is 6.21. The normalized spacial score (nSPS) is 12.0. The van der Waals surface area contributed by atoms with E-state index in [0.29, 0.717) is 6.54 Å². The molecule has 4 rings (SSSR count). The fraction of sp³-hybridized carbons (Fsp3) is 0.190. The zero-order valence-corrected chi connectivity index (χ0v) is 14.8. The summed E-state index contributed by atoms with van der Waals surface area (Å²) in [5.41, 5.74) is 3.39. The Bertz CT molecular complexity index is 1010. The number of aromatic amines is 1. The number of rotatable bonds is 5. The first-order chi connectivity index (χ1) is 12.8. The van der Waals surface area contributed by atoms with Crippen LogP contribution in [0.1, 0.15) is 11.3 Å². The highest BCUT2D eigenvalue weighted by Crippen LogP contribution is 2.19. The van der Waals surface area contributed by atoms with Crippen molar-refractivity contribution in [3.05, 3.63) is 72.1 Å². The molecule has 5 heteroatoms. The first-order valence-corrected chi connectivity index (χ1v) is 8.80. The molecule has 2 aromatic heterocycles. The van der Waals surface area contributed by atoms with Gasteiger partial charge in [-0.05, 0) is 30.2 Å². The van der Waals surface area contributed by atoms with Crippen LogP contribution in [0, 0.1) is 0 Å². The van der Waals surface area contributed by atoms with Gasteiger partial charge in [-0.2, -0.15) is 0 Å². The minimum Gasteiger partial charge on any atom is -0.459 e. The first-order valence-electron chi connectivity index (χ1n) is 8.80. The molecule has 0 saturated heterocycles. The van der Waals surface area contributed by atoms with Crippen molar-refractivity contribution in [3.8, 4) is 0 Å². The molecule has 0 aliphatic rings. The number of hydrogen-bond donors (Lipinski definition) is 3. The van der Waals surface area contributed by atoms with E-state index in [1.807, 2.05) is 24.3 Å². The number of guanidine groups is 1. The van der Waals surface area contributed by atoms with Gasteiger partial charge in [-0.25, -0.2) is 0 Å². The predicted molar refractivity (Wildman–Crippen MR) is 106 cm³/mol. The van der Waals surface area contributed by atoms with E-state index in [9.17, 15) is 0 Å². The van der Waals surface area contributed by atoms with Crippen molar-refractivity contribution in [2.24, 2.45) is 4.99 Å². The van der Waals surface area contributed by atoms with Gasteiger partial charge in [0.15, 0.2) is 5.96 Å². The molecule has 2 heterocycles. The van der Waals surface area contributed by atoms with E-state index < -0.39 is 0 Å². The van der Waals surface area contributed by atoms with Gasteiger partial charge in [0.05, 0.1) is 6.54 Å². The van der Waals surface area contributed by atoms with E-state index in [1.54, 1.807) is 7.05 Å². The van der Waals surface area contributed by atoms with Crippen molar-refractivity contribution in [3.63, 3.8) is 0 Å². The van der Waals surface area contributed by atoms with Gasteiger partial charge in [0.2, 0.25) is 0 Å². The number of hydrogen-bond acceptors (Lipinski definition) is 2. The number of fused-ring (bicyclic) bond motifs is 2. The molecule has 0 fully saturated rings. The Kier molecular flexibility index (Phi) is 4.60. The molecule has 132 valence electrons. The second-order valence-electron chi connectivity index (χ2n) is 6.21. The summed E-state index contributed by atoms with van der Waals surface area (Å²) in [5, 5.41) is 9.06. The second kappa shape index (κ2) is 7.35. The van der Waals surface area contributed by atoms with Crippen molar-refractivity contribution in [2.75, 3.05) is 13.6 Å². The lowest BCUT2D eigenvalue weighted by Crippen LogP contribution is -2.37. The molecule has 0 atom stereocenters. The van der Waals surface area contributed by atoms with Crippen molar-refractivity contribution < 1.29 is 4.42 Å². The van der Waals surface area contributed by atoms with Crippen molar-refractivity contribution in [1.29, 1.82) is 0 Å². The average molecular weight is 346 g/mol. The third-order valence-corrected chi connectivity index (χ3v) is 4.49. The maximum absolute atomic E-state index is 5.83. The summed E-state index contributed by atoms with van der Waals surface area (Å²) in [6.45, 7) is 1.41. The molecule has 0 radical (unpaired) electrons. The number of para-hydroxylation sites is 2. The standard InChI is InChI=1S/C21H22N4O/c1-22-21(25-14-17-12-15-6-2-5-9-20(15)26-17)23-11-10-16-13-24-19-8-4-3-7-18(16)19/h2-9,12-13,24H,10-11,14H2,1H3,(H2,22,23,25). The predicted octanol–water partition coefficient (Wildman–Crippen LogP) is 3.82. The molecule has 0 aliphatic carbocycles. The van der Waals surface area contributed by atoms with Gasteiger partial charge in [-0.1, -0.05) is 36.4 Å². The van der Waals surface area contributed by atoms with Gasteiger partial charge < -0.3 is 20.0 Å². The topological polar surface area (TPSA) is 65.3 Å². The molecule has 26 heavy (non-hydrogen) atoms. The summed E-state index contributed by atoms with van der Waals surface area (Å²) in [7, 11) is 1.78. The molecular formula is C21H22N4O. The molecule has 2 aromatic carbocycles. The van der Waals surface area contributed by atoms with Gasteiger partial charge in [-0.15, -0.1) is 0 Å².